The molecule has 628 valence electrons. The fraction of sp³-hybridized carbons (Fsp3) is 0. The Morgan fingerprint density at radius 3 is 0.778 bits per heavy atom. The lowest BCUT2D eigenvalue weighted by molar-refractivity contribution is 1.31. The minimum atomic E-state index is 0.864. The molecule has 28 aromatic rings. The Balaban J connectivity index is 0.000000106. The van der Waals surface area contributed by atoms with E-state index < -0.39 is 0 Å². The molecule has 0 aliphatic carbocycles. The van der Waals surface area contributed by atoms with Gasteiger partial charge >= 0.3 is 0 Å². The predicted molar refractivity (Wildman–Crippen MR) is 577 cm³/mol. The summed E-state index contributed by atoms with van der Waals surface area (Å²) in [4.78, 5) is 30.9. The largest absolute Gasteiger partial charge is 0.252 e. The van der Waals surface area contributed by atoms with Gasteiger partial charge in [0.15, 0.2) is 0 Å². The quantitative estimate of drug-likeness (QED) is 0.127. The Bertz CT molecular complexity index is 9570. The lowest BCUT2D eigenvalue weighted by atomic mass is 9.93. The number of rotatable bonds is 10. The van der Waals surface area contributed by atoms with Gasteiger partial charge in [-0.1, -0.05) is 394 Å². The molecule has 135 heavy (non-hydrogen) atoms. The number of hydrogen-bond donors (Lipinski definition) is 0. The van der Waals surface area contributed by atoms with Gasteiger partial charge in [-0.15, -0.1) is 34.0 Å². The molecule has 0 saturated heterocycles. The molecule has 0 bridgehead atoms. The lowest BCUT2D eigenvalue weighted by Gasteiger charge is -2.14. The monoisotopic (exact) mass is 1770 g/mol. The normalized spacial score (nSPS) is 11.7. The van der Waals surface area contributed by atoms with Crippen LogP contribution in [0.5, 0.6) is 0 Å². The van der Waals surface area contributed by atoms with E-state index >= 15 is 0 Å². The third kappa shape index (κ3) is 14.0. The van der Waals surface area contributed by atoms with Crippen molar-refractivity contribution in [3.63, 3.8) is 0 Å². The van der Waals surface area contributed by atoms with Crippen molar-refractivity contribution in [3.05, 3.63) is 461 Å². The van der Waals surface area contributed by atoms with Crippen LogP contribution in [0.2, 0.25) is 0 Å². The smallest absolute Gasteiger partial charge is 0.0979 e. The Labute approximate surface area is 789 Å². The first kappa shape index (κ1) is 79.1. The molecule has 22 aromatic carbocycles. The Morgan fingerprint density at radius 2 is 0.370 bits per heavy atom. The van der Waals surface area contributed by atoms with E-state index in [2.05, 4.69) is 443 Å². The van der Waals surface area contributed by atoms with Gasteiger partial charge in [-0.05, 0) is 159 Å². The number of benzene rings is 22. The molecule has 0 atom stereocenters. The van der Waals surface area contributed by atoms with Crippen LogP contribution in [0, 0.1) is 0 Å². The summed E-state index contributed by atoms with van der Waals surface area (Å²) in [6.07, 6.45) is 5.77. The van der Waals surface area contributed by atoms with Crippen LogP contribution in [0.1, 0.15) is 0 Å². The second-order valence-electron chi connectivity index (χ2n) is 34.5. The molecular weight excluding hydrogens is 1690 g/mol. The van der Waals surface area contributed by atoms with Crippen molar-refractivity contribution in [2.24, 2.45) is 0 Å². The van der Waals surface area contributed by atoms with E-state index in [0.717, 1.165) is 105 Å². The molecule has 0 spiro atoms. The Kier molecular flexibility index (Phi) is 19.4. The maximum Gasteiger partial charge on any atom is 0.0979 e. The highest BCUT2D eigenvalue weighted by molar-refractivity contribution is 7.27. The average molecular weight is 1770 g/mol. The third-order valence-corrected chi connectivity index (χ3v) is 30.4. The van der Waals surface area contributed by atoms with Crippen molar-refractivity contribution >= 4 is 192 Å². The number of hydrogen-bond acceptors (Lipinski definition) is 9. The molecule has 28 rings (SSSR count). The van der Waals surface area contributed by atoms with Crippen molar-refractivity contribution < 1.29 is 0 Å². The second kappa shape index (κ2) is 33.2. The Hall–Kier alpha value is -16.9. The first-order chi connectivity index (χ1) is 66.9. The molecule has 0 N–H and O–H groups in total. The van der Waals surface area contributed by atoms with Gasteiger partial charge < -0.3 is 0 Å². The van der Waals surface area contributed by atoms with Crippen LogP contribution in [0.25, 0.3) is 270 Å². The SMILES string of the molecule is c1cc(-c2ccc(-c3cccc4c3sc3ccccc34)cc2)cc(-c2cnc3c4ccccc4c4ccccc4c3n2)c1.c1cc(-c2ccc(-c3cnc4c5ccccc5c5ccccc5c4n3)cc2)cc(-c2cccc3c2sc2ccccc23)c1.c1ccc(-c2ccc3c4ccc(-c5ccccc5)cc4c4nc(-c5cccc(-c6cccc7c6sc6ccccc67)c5)cnc4c3c2)cc1. The molecule has 0 saturated carbocycles. The van der Waals surface area contributed by atoms with Crippen LogP contribution in [-0.4, -0.2) is 29.9 Å². The molecule has 0 radical (unpaired) electrons. The van der Waals surface area contributed by atoms with Gasteiger partial charge in [-0.2, -0.15) is 0 Å². The van der Waals surface area contributed by atoms with Crippen molar-refractivity contribution in [2.75, 3.05) is 0 Å². The van der Waals surface area contributed by atoms with Crippen molar-refractivity contribution in [1.82, 2.24) is 29.9 Å². The highest BCUT2D eigenvalue weighted by atomic mass is 32.1. The maximum atomic E-state index is 5.43. The van der Waals surface area contributed by atoms with Crippen LogP contribution in [-0.2, 0) is 0 Å². The Morgan fingerprint density at radius 1 is 0.133 bits per heavy atom. The number of fused-ring (bicyclic) bond motifs is 27. The summed E-state index contributed by atoms with van der Waals surface area (Å²) in [6.45, 7) is 0. The first-order valence-electron chi connectivity index (χ1n) is 45.6. The summed E-state index contributed by atoms with van der Waals surface area (Å²) in [7, 11) is 0. The summed E-state index contributed by atoms with van der Waals surface area (Å²) in [5.74, 6) is 0. The van der Waals surface area contributed by atoms with Crippen molar-refractivity contribution in [1.29, 1.82) is 0 Å². The maximum absolute atomic E-state index is 5.43. The van der Waals surface area contributed by atoms with Gasteiger partial charge in [0.05, 0.1) is 68.8 Å². The van der Waals surface area contributed by atoms with E-state index in [1.54, 1.807) is 0 Å². The van der Waals surface area contributed by atoms with E-state index in [1.165, 1.54) is 165 Å². The third-order valence-electron chi connectivity index (χ3n) is 26.7. The van der Waals surface area contributed by atoms with E-state index in [4.69, 9.17) is 29.9 Å². The lowest BCUT2D eigenvalue weighted by Crippen LogP contribution is -1.93. The number of thiophene rings is 3. The highest BCUT2D eigenvalue weighted by Gasteiger charge is 2.22. The fourth-order valence-corrected chi connectivity index (χ4v) is 23.9. The molecule has 0 fully saturated rings. The molecule has 0 aliphatic heterocycles. The fourth-order valence-electron chi connectivity index (χ4n) is 20.2. The van der Waals surface area contributed by atoms with Gasteiger partial charge in [-0.3, -0.25) is 15.0 Å². The molecule has 0 aliphatic rings. The summed E-state index contributed by atoms with van der Waals surface area (Å²) in [5.41, 5.74) is 28.3. The van der Waals surface area contributed by atoms with Crippen molar-refractivity contribution in [3.8, 4) is 112 Å². The highest BCUT2D eigenvalue weighted by Crippen LogP contribution is 2.48. The van der Waals surface area contributed by atoms with Crippen LogP contribution in [0.3, 0.4) is 0 Å². The molecule has 6 nitrogen and oxygen atoms in total. The molecule has 6 aromatic heterocycles. The minimum Gasteiger partial charge on any atom is -0.252 e. The standard InChI is InChI=1S/C46H28N2S.2C40H24N2S/c1-3-11-29(12-4-1)31-21-23-36-37-24-22-32(30-13-5-2-6-14-30)27-41(37)45-44(40(36)26-31)47-28-42(48-45)34-16-9-15-33(25-34)35-18-10-19-39-38-17-7-8-20-43(38)49-46(35)39;1-3-14-33-30(11-1)31-12-2-4-15-34(31)39-38(33)41-24-36(42-39)26-21-19-25(20-22-26)27-9-7-10-28(23-27)29-16-8-17-35-32-13-5-6-18-37(32)43-40(29)35;1-3-14-33-30(11-1)31-12-2-4-15-34(31)39-38(33)41-24-36(42-39)28-10-7-9-27(23-28)25-19-21-26(22-20-25)29-16-8-17-35-32-13-5-6-18-37(32)43-40(29)35/h1-28H;2*1-24H. The predicted octanol–water partition coefficient (Wildman–Crippen LogP) is 35.6. The van der Waals surface area contributed by atoms with E-state index in [1.807, 2.05) is 52.6 Å². The van der Waals surface area contributed by atoms with Crippen LogP contribution in [0.4, 0.5) is 0 Å². The molecule has 6 heterocycles. The van der Waals surface area contributed by atoms with Crippen LogP contribution < -0.4 is 0 Å². The molecule has 9 heteroatoms. The van der Waals surface area contributed by atoms with E-state index in [9.17, 15) is 0 Å². The van der Waals surface area contributed by atoms with Gasteiger partial charge in [0.2, 0.25) is 0 Å². The van der Waals surface area contributed by atoms with Gasteiger partial charge in [0.25, 0.3) is 0 Å². The van der Waals surface area contributed by atoms with E-state index in [0.29, 0.717) is 0 Å². The molecule has 0 amide bonds. The number of nitrogens with zero attached hydrogens (tertiary/aromatic N) is 6. The first-order valence-corrected chi connectivity index (χ1v) is 48.0. The summed E-state index contributed by atoms with van der Waals surface area (Å²) < 4.78 is 7.96. The molecular formula is C126H76N6S3. The zero-order valence-electron chi connectivity index (χ0n) is 72.8. The number of aromatic nitrogens is 6. The summed E-state index contributed by atoms with van der Waals surface area (Å²) >= 11 is 5.61. The minimum absolute atomic E-state index is 0.864. The summed E-state index contributed by atoms with van der Waals surface area (Å²) in [6, 6.07) is 158. The molecule has 0 unspecified atom stereocenters. The second-order valence-corrected chi connectivity index (χ2v) is 37.7. The zero-order valence-corrected chi connectivity index (χ0v) is 75.2. The topological polar surface area (TPSA) is 77.3 Å². The van der Waals surface area contributed by atoms with Crippen molar-refractivity contribution in [2.45, 2.75) is 0 Å². The van der Waals surface area contributed by atoms with E-state index in [-0.39, 0.29) is 0 Å². The zero-order chi connectivity index (χ0) is 89.0. The van der Waals surface area contributed by atoms with Gasteiger partial charge in [0, 0.05) is 110 Å². The van der Waals surface area contributed by atoms with Gasteiger partial charge in [0.1, 0.15) is 0 Å². The van der Waals surface area contributed by atoms with Crippen LogP contribution >= 0.6 is 34.0 Å². The van der Waals surface area contributed by atoms with Gasteiger partial charge in [-0.25, -0.2) is 15.0 Å². The van der Waals surface area contributed by atoms with Crippen LogP contribution in [0.15, 0.2) is 461 Å². The average Bonchev–Trinajstić information content (AvgIpc) is 1.54. The summed E-state index contributed by atoms with van der Waals surface area (Å²) in [5, 5.41) is 21.9.